The third kappa shape index (κ3) is 3.91. The molecule has 0 aliphatic rings. The van der Waals surface area contributed by atoms with E-state index in [0.29, 0.717) is 10.2 Å². The van der Waals surface area contributed by atoms with E-state index in [4.69, 9.17) is 0 Å². The molecular weight excluding hydrogens is 328 g/mol. The molecule has 0 spiro atoms. The molecule has 1 amide bonds. The predicted molar refractivity (Wildman–Crippen MR) is 88.0 cm³/mol. The molecule has 1 N–H and O–H groups in total. The van der Waals surface area contributed by atoms with E-state index in [1.807, 2.05) is 36.4 Å². The van der Waals surface area contributed by atoms with Gasteiger partial charge in [-0.2, -0.15) is 0 Å². The fourth-order valence-electron chi connectivity index (χ4n) is 2.20. The van der Waals surface area contributed by atoms with Crippen molar-refractivity contribution >= 4 is 21.8 Å². The van der Waals surface area contributed by atoms with Gasteiger partial charge in [-0.1, -0.05) is 51.1 Å². The Kier molecular flexibility index (Phi) is 4.78. The summed E-state index contributed by atoms with van der Waals surface area (Å²) >= 11 is 3.37. The molecule has 4 heteroatoms. The Balaban J connectivity index is 2.29. The minimum Gasteiger partial charge on any atom is -0.343 e. The van der Waals surface area contributed by atoms with E-state index in [0.717, 1.165) is 5.56 Å². The van der Waals surface area contributed by atoms with Crippen LogP contribution in [-0.2, 0) is 0 Å². The zero-order valence-corrected chi connectivity index (χ0v) is 14.0. The number of carbonyl (C=O) groups is 1. The molecule has 0 bridgehead atoms. The van der Waals surface area contributed by atoms with E-state index in [-0.39, 0.29) is 17.4 Å². The Morgan fingerprint density at radius 1 is 1.14 bits per heavy atom. The first-order valence-electron chi connectivity index (χ1n) is 6.86. The molecule has 0 aliphatic carbocycles. The summed E-state index contributed by atoms with van der Waals surface area (Å²) in [5, 5.41) is 3.10. The van der Waals surface area contributed by atoms with Gasteiger partial charge >= 0.3 is 0 Å². The van der Waals surface area contributed by atoms with E-state index in [9.17, 15) is 4.79 Å². The summed E-state index contributed by atoms with van der Waals surface area (Å²) in [5.41, 5.74) is 1.39. The number of aromatic nitrogens is 1. The SMILES string of the molecule is CC(C)(C)C(NC(=O)c1ncccc1Br)c1ccccc1. The monoisotopic (exact) mass is 346 g/mol. The molecule has 0 saturated carbocycles. The standard InChI is InChI=1S/C17H19BrN2O/c1-17(2,3)15(12-8-5-4-6-9-12)20-16(21)14-13(18)10-7-11-19-14/h4-11,15H,1-3H3,(H,20,21). The summed E-state index contributed by atoms with van der Waals surface area (Å²) in [7, 11) is 0. The number of rotatable bonds is 3. The first-order valence-corrected chi connectivity index (χ1v) is 7.65. The van der Waals surface area contributed by atoms with Crippen LogP contribution in [0, 0.1) is 5.41 Å². The smallest absolute Gasteiger partial charge is 0.271 e. The molecule has 0 aliphatic heterocycles. The van der Waals surface area contributed by atoms with Crippen LogP contribution in [-0.4, -0.2) is 10.9 Å². The van der Waals surface area contributed by atoms with Crippen LogP contribution in [0.4, 0.5) is 0 Å². The minimum absolute atomic E-state index is 0.0832. The summed E-state index contributed by atoms with van der Waals surface area (Å²) in [6.07, 6.45) is 1.62. The Hall–Kier alpha value is -1.68. The fraction of sp³-hybridized carbons (Fsp3) is 0.294. The molecule has 2 aromatic rings. The van der Waals surface area contributed by atoms with Crippen molar-refractivity contribution in [3.05, 3.63) is 64.4 Å². The minimum atomic E-state index is -0.175. The number of carbonyl (C=O) groups excluding carboxylic acids is 1. The number of benzene rings is 1. The van der Waals surface area contributed by atoms with Crippen molar-refractivity contribution in [3.8, 4) is 0 Å². The van der Waals surface area contributed by atoms with Crippen molar-refractivity contribution in [2.24, 2.45) is 5.41 Å². The number of nitrogens with one attached hydrogen (secondary N) is 1. The number of amides is 1. The molecule has 2 rings (SSSR count). The van der Waals surface area contributed by atoms with E-state index in [1.54, 1.807) is 12.3 Å². The van der Waals surface area contributed by atoms with Crippen molar-refractivity contribution < 1.29 is 4.79 Å². The fourth-order valence-corrected chi connectivity index (χ4v) is 2.63. The van der Waals surface area contributed by atoms with Gasteiger partial charge in [0.15, 0.2) is 0 Å². The third-order valence-electron chi connectivity index (χ3n) is 3.25. The van der Waals surface area contributed by atoms with Crippen LogP contribution >= 0.6 is 15.9 Å². The van der Waals surface area contributed by atoms with E-state index >= 15 is 0 Å². The number of pyridine rings is 1. The van der Waals surface area contributed by atoms with Crippen molar-refractivity contribution in [1.29, 1.82) is 0 Å². The van der Waals surface area contributed by atoms with Crippen LogP contribution in [0.25, 0.3) is 0 Å². The lowest BCUT2D eigenvalue weighted by Gasteiger charge is -2.32. The molecule has 1 aromatic carbocycles. The summed E-state index contributed by atoms with van der Waals surface area (Å²) in [5.74, 6) is -0.175. The second-order valence-corrected chi connectivity index (χ2v) is 6.87. The molecule has 1 atom stereocenters. The average Bonchev–Trinajstić information content (AvgIpc) is 2.44. The lowest BCUT2D eigenvalue weighted by atomic mass is 9.82. The van der Waals surface area contributed by atoms with Crippen LogP contribution in [0.15, 0.2) is 53.1 Å². The summed E-state index contributed by atoms with van der Waals surface area (Å²) in [6, 6.07) is 13.5. The van der Waals surface area contributed by atoms with Gasteiger partial charge in [0, 0.05) is 10.7 Å². The van der Waals surface area contributed by atoms with Crippen molar-refractivity contribution in [3.63, 3.8) is 0 Å². The summed E-state index contributed by atoms with van der Waals surface area (Å²) < 4.78 is 0.697. The maximum Gasteiger partial charge on any atom is 0.271 e. The first kappa shape index (κ1) is 15.7. The predicted octanol–water partition coefficient (Wildman–Crippen LogP) is 4.36. The van der Waals surface area contributed by atoms with Gasteiger partial charge in [0.2, 0.25) is 0 Å². The first-order chi connectivity index (χ1) is 9.89. The maximum atomic E-state index is 12.5. The second kappa shape index (κ2) is 6.39. The molecule has 0 saturated heterocycles. The zero-order valence-electron chi connectivity index (χ0n) is 12.4. The Labute approximate surface area is 133 Å². The Morgan fingerprint density at radius 3 is 2.38 bits per heavy atom. The lowest BCUT2D eigenvalue weighted by molar-refractivity contribution is 0.0896. The van der Waals surface area contributed by atoms with Crippen LogP contribution in [0.1, 0.15) is 42.9 Å². The van der Waals surface area contributed by atoms with E-state index in [2.05, 4.69) is 47.0 Å². The van der Waals surface area contributed by atoms with Gasteiger partial charge in [-0.3, -0.25) is 4.79 Å². The topological polar surface area (TPSA) is 42.0 Å². The number of hydrogen-bond acceptors (Lipinski definition) is 2. The van der Waals surface area contributed by atoms with Crippen molar-refractivity contribution in [2.75, 3.05) is 0 Å². The summed E-state index contributed by atoms with van der Waals surface area (Å²) in [6.45, 7) is 6.33. The van der Waals surface area contributed by atoms with Gasteiger partial charge in [0.25, 0.3) is 5.91 Å². The highest BCUT2D eigenvalue weighted by Crippen LogP contribution is 2.33. The van der Waals surface area contributed by atoms with E-state index in [1.165, 1.54) is 0 Å². The zero-order chi connectivity index (χ0) is 15.5. The number of hydrogen-bond donors (Lipinski definition) is 1. The molecule has 1 unspecified atom stereocenters. The normalized spacial score (nSPS) is 12.8. The molecule has 110 valence electrons. The molecule has 0 radical (unpaired) electrons. The Bertz CT molecular complexity index is 620. The molecule has 0 fully saturated rings. The maximum absolute atomic E-state index is 12.5. The van der Waals surface area contributed by atoms with Gasteiger partial charge in [-0.15, -0.1) is 0 Å². The van der Waals surface area contributed by atoms with Gasteiger partial charge in [0.1, 0.15) is 5.69 Å². The number of halogens is 1. The van der Waals surface area contributed by atoms with Crippen LogP contribution in [0.5, 0.6) is 0 Å². The summed E-state index contributed by atoms with van der Waals surface area (Å²) in [4.78, 5) is 16.6. The number of nitrogens with zero attached hydrogens (tertiary/aromatic N) is 1. The average molecular weight is 347 g/mol. The van der Waals surface area contributed by atoms with Gasteiger partial charge in [-0.25, -0.2) is 4.98 Å². The molecule has 3 nitrogen and oxygen atoms in total. The van der Waals surface area contributed by atoms with Gasteiger partial charge in [0.05, 0.1) is 6.04 Å². The largest absolute Gasteiger partial charge is 0.343 e. The molecular formula is C17H19BrN2O. The Morgan fingerprint density at radius 2 is 1.81 bits per heavy atom. The van der Waals surface area contributed by atoms with E-state index < -0.39 is 0 Å². The lowest BCUT2D eigenvalue weighted by Crippen LogP contribution is -2.37. The second-order valence-electron chi connectivity index (χ2n) is 6.02. The van der Waals surface area contributed by atoms with Crippen molar-refractivity contribution in [2.45, 2.75) is 26.8 Å². The molecule has 21 heavy (non-hydrogen) atoms. The van der Waals surface area contributed by atoms with Crippen LogP contribution in [0.2, 0.25) is 0 Å². The highest BCUT2D eigenvalue weighted by molar-refractivity contribution is 9.10. The van der Waals surface area contributed by atoms with Crippen LogP contribution in [0.3, 0.4) is 0 Å². The molecule has 1 heterocycles. The highest BCUT2D eigenvalue weighted by Gasteiger charge is 2.28. The molecule has 1 aromatic heterocycles. The third-order valence-corrected chi connectivity index (χ3v) is 3.89. The highest BCUT2D eigenvalue weighted by atomic mass is 79.9. The van der Waals surface area contributed by atoms with Gasteiger partial charge < -0.3 is 5.32 Å². The van der Waals surface area contributed by atoms with Crippen LogP contribution < -0.4 is 5.32 Å². The van der Waals surface area contributed by atoms with Gasteiger partial charge in [-0.05, 0) is 39.0 Å². The van der Waals surface area contributed by atoms with Crippen molar-refractivity contribution in [1.82, 2.24) is 10.3 Å². The quantitative estimate of drug-likeness (QED) is 0.896.